The minimum atomic E-state index is 0.342. The van der Waals surface area contributed by atoms with Crippen molar-refractivity contribution in [1.29, 1.82) is 0 Å². The van der Waals surface area contributed by atoms with Crippen LogP contribution in [-0.2, 0) is 0 Å². The van der Waals surface area contributed by atoms with Crippen LogP contribution in [0.5, 0.6) is 0 Å². The normalized spacial score (nSPS) is 26.5. The highest BCUT2D eigenvalue weighted by atomic mass is 15.2. The second kappa shape index (κ2) is 5.66. The third-order valence-electron chi connectivity index (χ3n) is 3.92. The fourth-order valence-electron chi connectivity index (χ4n) is 2.54. The zero-order chi connectivity index (χ0) is 11.3. The van der Waals surface area contributed by atoms with Gasteiger partial charge in [0.25, 0.3) is 0 Å². The minimum absolute atomic E-state index is 0.342. The van der Waals surface area contributed by atoms with Crippen LogP contribution in [0.4, 0.5) is 0 Å². The predicted molar refractivity (Wildman–Crippen MR) is 67.2 cm³/mol. The van der Waals surface area contributed by atoms with Gasteiger partial charge in [-0.15, -0.1) is 6.58 Å². The lowest BCUT2D eigenvalue weighted by molar-refractivity contribution is 0.0810. The summed E-state index contributed by atoms with van der Waals surface area (Å²) in [5.41, 5.74) is 0.342. The van der Waals surface area contributed by atoms with E-state index in [1.807, 2.05) is 6.08 Å². The molecule has 1 unspecified atom stereocenters. The molecule has 15 heavy (non-hydrogen) atoms. The van der Waals surface area contributed by atoms with Crippen molar-refractivity contribution < 1.29 is 0 Å². The average Bonchev–Trinajstić information content (AvgIpc) is 2.29. The van der Waals surface area contributed by atoms with Gasteiger partial charge < -0.3 is 5.32 Å². The molecule has 1 atom stereocenters. The van der Waals surface area contributed by atoms with Crippen molar-refractivity contribution in [3.8, 4) is 0 Å². The van der Waals surface area contributed by atoms with E-state index in [9.17, 15) is 0 Å². The fraction of sp³-hybridized carbons (Fsp3) is 0.846. The van der Waals surface area contributed by atoms with E-state index in [1.54, 1.807) is 0 Å². The molecule has 1 rings (SSSR count). The Labute approximate surface area is 94.7 Å². The molecule has 0 spiro atoms. The monoisotopic (exact) mass is 210 g/mol. The van der Waals surface area contributed by atoms with E-state index >= 15 is 0 Å². The second-order valence-electron chi connectivity index (χ2n) is 4.65. The third-order valence-corrected chi connectivity index (χ3v) is 3.92. The lowest BCUT2D eigenvalue weighted by Crippen LogP contribution is -2.63. The zero-order valence-electron chi connectivity index (χ0n) is 10.6. The van der Waals surface area contributed by atoms with Crippen LogP contribution in [0.2, 0.25) is 0 Å². The molecule has 0 aromatic rings. The van der Waals surface area contributed by atoms with Gasteiger partial charge in [-0.2, -0.15) is 0 Å². The van der Waals surface area contributed by atoms with Crippen molar-refractivity contribution >= 4 is 0 Å². The Bertz CT molecular complexity index is 197. The quantitative estimate of drug-likeness (QED) is 0.701. The van der Waals surface area contributed by atoms with Gasteiger partial charge in [-0.3, -0.25) is 4.90 Å². The van der Waals surface area contributed by atoms with Crippen LogP contribution in [0.15, 0.2) is 12.7 Å². The van der Waals surface area contributed by atoms with E-state index in [0.29, 0.717) is 11.6 Å². The SMILES string of the molecule is C=CCN1CC(CC)(CC)NCC1CC. The lowest BCUT2D eigenvalue weighted by Gasteiger charge is -2.47. The molecule has 1 saturated heterocycles. The molecule has 0 radical (unpaired) electrons. The maximum Gasteiger partial charge on any atom is 0.0304 e. The van der Waals surface area contributed by atoms with Crippen molar-refractivity contribution in [2.75, 3.05) is 19.6 Å². The summed E-state index contributed by atoms with van der Waals surface area (Å²) < 4.78 is 0. The Kier molecular flexibility index (Phi) is 4.81. The van der Waals surface area contributed by atoms with E-state index in [-0.39, 0.29) is 0 Å². The van der Waals surface area contributed by atoms with Gasteiger partial charge in [0.2, 0.25) is 0 Å². The molecular formula is C13H26N2. The average molecular weight is 210 g/mol. The molecule has 1 aliphatic heterocycles. The smallest absolute Gasteiger partial charge is 0.0304 e. The Hall–Kier alpha value is -0.340. The molecule has 1 N–H and O–H groups in total. The van der Waals surface area contributed by atoms with Crippen molar-refractivity contribution in [2.45, 2.75) is 51.6 Å². The van der Waals surface area contributed by atoms with E-state index in [4.69, 9.17) is 0 Å². The second-order valence-corrected chi connectivity index (χ2v) is 4.65. The van der Waals surface area contributed by atoms with Crippen LogP contribution in [0.3, 0.4) is 0 Å². The Balaban J connectivity index is 2.67. The van der Waals surface area contributed by atoms with Crippen LogP contribution in [-0.4, -0.2) is 36.1 Å². The summed E-state index contributed by atoms with van der Waals surface area (Å²) in [6.07, 6.45) is 5.69. The van der Waals surface area contributed by atoms with Crippen molar-refractivity contribution in [1.82, 2.24) is 10.2 Å². The molecule has 1 fully saturated rings. The molecule has 1 aliphatic rings. The summed E-state index contributed by atoms with van der Waals surface area (Å²) in [5.74, 6) is 0. The zero-order valence-corrected chi connectivity index (χ0v) is 10.6. The molecule has 0 aromatic heterocycles. The lowest BCUT2D eigenvalue weighted by atomic mass is 9.88. The van der Waals surface area contributed by atoms with Gasteiger partial charge in [-0.05, 0) is 19.3 Å². The van der Waals surface area contributed by atoms with Gasteiger partial charge in [-0.1, -0.05) is 26.8 Å². The molecule has 0 amide bonds. The molecule has 0 aromatic carbocycles. The Morgan fingerprint density at radius 3 is 2.53 bits per heavy atom. The van der Waals surface area contributed by atoms with E-state index in [1.165, 1.54) is 25.8 Å². The molecule has 0 bridgehead atoms. The third kappa shape index (κ3) is 2.82. The van der Waals surface area contributed by atoms with E-state index < -0.39 is 0 Å². The van der Waals surface area contributed by atoms with Crippen LogP contribution in [0, 0.1) is 0 Å². The van der Waals surface area contributed by atoms with E-state index in [0.717, 1.165) is 13.1 Å². The summed E-state index contributed by atoms with van der Waals surface area (Å²) in [5, 5.41) is 3.75. The van der Waals surface area contributed by atoms with Crippen molar-refractivity contribution in [3.05, 3.63) is 12.7 Å². The van der Waals surface area contributed by atoms with Gasteiger partial charge in [-0.25, -0.2) is 0 Å². The minimum Gasteiger partial charge on any atom is -0.308 e. The Morgan fingerprint density at radius 1 is 1.40 bits per heavy atom. The van der Waals surface area contributed by atoms with Crippen LogP contribution in [0.25, 0.3) is 0 Å². The van der Waals surface area contributed by atoms with Crippen LogP contribution in [0.1, 0.15) is 40.0 Å². The van der Waals surface area contributed by atoms with E-state index in [2.05, 4.69) is 37.6 Å². The molecule has 88 valence electrons. The number of nitrogens with zero attached hydrogens (tertiary/aromatic N) is 1. The van der Waals surface area contributed by atoms with Gasteiger partial charge in [0.1, 0.15) is 0 Å². The van der Waals surface area contributed by atoms with Gasteiger partial charge in [0, 0.05) is 31.2 Å². The number of nitrogens with one attached hydrogen (secondary N) is 1. The first-order valence-corrected chi connectivity index (χ1v) is 6.31. The molecule has 2 heteroatoms. The maximum absolute atomic E-state index is 3.86. The first kappa shape index (κ1) is 12.7. The number of hydrogen-bond donors (Lipinski definition) is 1. The number of hydrogen-bond acceptors (Lipinski definition) is 2. The van der Waals surface area contributed by atoms with Crippen molar-refractivity contribution in [3.63, 3.8) is 0 Å². The summed E-state index contributed by atoms with van der Waals surface area (Å²) in [7, 11) is 0. The fourth-order valence-corrected chi connectivity index (χ4v) is 2.54. The standard InChI is InChI=1S/C13H26N2/c1-5-9-15-11-13(7-3,8-4)14-10-12(15)6-2/h5,12,14H,1,6-11H2,2-4H3. The molecule has 1 heterocycles. The number of piperazine rings is 1. The van der Waals surface area contributed by atoms with Crippen LogP contribution < -0.4 is 5.32 Å². The van der Waals surface area contributed by atoms with Gasteiger partial charge >= 0.3 is 0 Å². The molecular weight excluding hydrogens is 184 g/mol. The highest BCUT2D eigenvalue weighted by Crippen LogP contribution is 2.23. The Morgan fingerprint density at radius 2 is 2.07 bits per heavy atom. The van der Waals surface area contributed by atoms with Gasteiger partial charge in [0.15, 0.2) is 0 Å². The summed E-state index contributed by atoms with van der Waals surface area (Å²) >= 11 is 0. The first-order chi connectivity index (χ1) is 7.21. The summed E-state index contributed by atoms with van der Waals surface area (Å²) in [4.78, 5) is 2.58. The number of rotatable bonds is 5. The highest BCUT2D eigenvalue weighted by Gasteiger charge is 2.35. The predicted octanol–water partition coefficient (Wildman–Crippen LogP) is 2.42. The summed E-state index contributed by atoms with van der Waals surface area (Å²) in [6, 6.07) is 0.689. The van der Waals surface area contributed by atoms with Gasteiger partial charge in [0.05, 0.1) is 0 Å². The van der Waals surface area contributed by atoms with Crippen LogP contribution >= 0.6 is 0 Å². The topological polar surface area (TPSA) is 15.3 Å². The molecule has 0 aliphatic carbocycles. The summed E-state index contributed by atoms with van der Waals surface area (Å²) in [6.45, 7) is 14.0. The highest BCUT2D eigenvalue weighted by molar-refractivity contribution is 4.97. The molecule has 0 saturated carbocycles. The maximum atomic E-state index is 3.86. The first-order valence-electron chi connectivity index (χ1n) is 6.31. The largest absolute Gasteiger partial charge is 0.308 e. The van der Waals surface area contributed by atoms with Crippen molar-refractivity contribution in [2.24, 2.45) is 0 Å². The molecule has 2 nitrogen and oxygen atoms in total.